The van der Waals surface area contributed by atoms with E-state index < -0.39 is 16.6 Å². The molecular formula is C35H66O5Si2. The summed E-state index contributed by atoms with van der Waals surface area (Å²) >= 11 is 0. The molecule has 1 unspecified atom stereocenters. The number of methoxy groups -OCH3 is 1. The number of unbranched alkanes of at least 4 members (excludes halogenated alkanes) is 1. The van der Waals surface area contributed by atoms with Crippen molar-refractivity contribution in [3.8, 4) is 0 Å². The Morgan fingerprint density at radius 1 is 1.00 bits per heavy atom. The first-order valence-electron chi connectivity index (χ1n) is 16.7. The topological polar surface area (TPSA) is 65.0 Å². The van der Waals surface area contributed by atoms with E-state index in [1.807, 2.05) is 0 Å². The van der Waals surface area contributed by atoms with Gasteiger partial charge in [0.05, 0.1) is 25.4 Å². The molecule has 2 rings (SSSR count). The standard InChI is InChI=1S/C35H66O5Si2/c1-13-35(24-19-25-35)31(40-42(11,12)34(5,6)7)22-18-21-28-27(20-16-14-15-17-23-32(37)38-8)29(36)26-30(28)39-41(9,10)33(2,3)4/h14,16,18,21,27-31,36H,13,15,17,19-20,22-26H2,1-12H3/t27-,28-,29+,30-,31?/m1/s1. The summed E-state index contributed by atoms with van der Waals surface area (Å²) in [5.74, 6) is 0.130. The van der Waals surface area contributed by atoms with Gasteiger partial charge in [-0.1, -0.05) is 79.2 Å². The van der Waals surface area contributed by atoms with Gasteiger partial charge in [-0.3, -0.25) is 4.79 Å². The van der Waals surface area contributed by atoms with Crippen molar-refractivity contribution in [3.05, 3.63) is 24.3 Å². The maximum atomic E-state index is 11.4. The number of rotatable bonds is 15. The van der Waals surface area contributed by atoms with Crippen LogP contribution in [-0.2, 0) is 18.4 Å². The largest absolute Gasteiger partial charge is 0.469 e. The Bertz CT molecular complexity index is 902. The number of allylic oxidation sites excluding steroid dienone is 2. The van der Waals surface area contributed by atoms with Crippen LogP contribution in [0.3, 0.4) is 0 Å². The molecule has 7 heteroatoms. The second-order valence-electron chi connectivity index (χ2n) is 16.2. The molecule has 1 N–H and O–H groups in total. The quantitative estimate of drug-likeness (QED) is 0.0853. The van der Waals surface area contributed by atoms with Crippen LogP contribution in [0.1, 0.15) is 113 Å². The fraction of sp³-hybridized carbons (Fsp3) is 0.857. The van der Waals surface area contributed by atoms with Crippen molar-refractivity contribution in [2.75, 3.05) is 7.11 Å². The van der Waals surface area contributed by atoms with Gasteiger partial charge in [-0.2, -0.15) is 0 Å². The van der Waals surface area contributed by atoms with Crippen LogP contribution in [0.25, 0.3) is 0 Å². The molecule has 0 aromatic heterocycles. The Balaban J connectivity index is 2.27. The summed E-state index contributed by atoms with van der Waals surface area (Å²) in [7, 11) is -2.49. The van der Waals surface area contributed by atoms with Gasteiger partial charge in [-0.05, 0) is 99.0 Å². The number of esters is 1. The molecule has 244 valence electrons. The van der Waals surface area contributed by atoms with Gasteiger partial charge in [-0.15, -0.1) is 0 Å². The highest BCUT2D eigenvalue weighted by Gasteiger charge is 2.49. The fourth-order valence-corrected chi connectivity index (χ4v) is 8.83. The summed E-state index contributed by atoms with van der Waals surface area (Å²) in [5, 5.41) is 11.6. The van der Waals surface area contributed by atoms with Crippen molar-refractivity contribution >= 4 is 22.6 Å². The molecule has 0 amide bonds. The molecular weight excluding hydrogens is 557 g/mol. The first kappa shape index (κ1) is 37.5. The summed E-state index contributed by atoms with van der Waals surface area (Å²) in [5.41, 5.74) is 0.290. The van der Waals surface area contributed by atoms with Crippen LogP contribution >= 0.6 is 0 Å². The minimum absolute atomic E-state index is 0.0264. The average Bonchev–Trinajstić information content (AvgIpc) is 3.12. The third-order valence-corrected chi connectivity index (χ3v) is 20.4. The Morgan fingerprint density at radius 3 is 2.12 bits per heavy atom. The molecule has 0 aromatic rings. The highest BCUT2D eigenvalue weighted by Crippen LogP contribution is 2.51. The molecule has 0 heterocycles. The van der Waals surface area contributed by atoms with Crippen LogP contribution in [0.4, 0.5) is 0 Å². The van der Waals surface area contributed by atoms with Gasteiger partial charge in [0.25, 0.3) is 0 Å². The molecule has 5 nitrogen and oxygen atoms in total. The summed E-state index contributed by atoms with van der Waals surface area (Å²) in [6.45, 7) is 25.6. The normalized spacial score (nSPS) is 26.1. The van der Waals surface area contributed by atoms with Crippen LogP contribution < -0.4 is 0 Å². The van der Waals surface area contributed by atoms with E-state index in [1.165, 1.54) is 32.8 Å². The Kier molecular flexibility index (Phi) is 13.4. The zero-order chi connectivity index (χ0) is 32.0. The van der Waals surface area contributed by atoms with E-state index in [2.05, 4.69) is 99.0 Å². The zero-order valence-electron chi connectivity index (χ0n) is 29.3. The molecule has 0 saturated heterocycles. The average molecular weight is 623 g/mol. The minimum atomic E-state index is -2.01. The monoisotopic (exact) mass is 622 g/mol. The number of hydrogen-bond donors (Lipinski definition) is 1. The third-order valence-electron chi connectivity index (χ3n) is 11.4. The second-order valence-corrected chi connectivity index (χ2v) is 25.7. The molecule has 2 aliphatic carbocycles. The molecule has 42 heavy (non-hydrogen) atoms. The molecule has 5 atom stereocenters. The Labute approximate surface area is 261 Å². The number of aliphatic hydroxyl groups is 1. The van der Waals surface area contributed by atoms with E-state index in [0.29, 0.717) is 18.3 Å². The van der Waals surface area contributed by atoms with Crippen molar-refractivity contribution in [3.63, 3.8) is 0 Å². The first-order chi connectivity index (χ1) is 19.3. The fourth-order valence-electron chi connectivity index (χ4n) is 6.05. The lowest BCUT2D eigenvalue weighted by Gasteiger charge is -2.51. The molecule has 0 aliphatic heterocycles. The van der Waals surface area contributed by atoms with Crippen LogP contribution in [0.15, 0.2) is 24.3 Å². The van der Waals surface area contributed by atoms with Gasteiger partial charge < -0.3 is 18.7 Å². The maximum absolute atomic E-state index is 11.4. The molecule has 0 spiro atoms. The van der Waals surface area contributed by atoms with E-state index in [9.17, 15) is 9.90 Å². The van der Waals surface area contributed by atoms with Crippen LogP contribution in [0.2, 0.25) is 36.3 Å². The lowest BCUT2D eigenvalue weighted by Crippen LogP contribution is -2.51. The van der Waals surface area contributed by atoms with Crippen LogP contribution in [0, 0.1) is 17.3 Å². The number of hydrogen-bond acceptors (Lipinski definition) is 5. The Hall–Kier alpha value is -0.736. The third kappa shape index (κ3) is 9.63. The highest BCUT2D eigenvalue weighted by atomic mass is 28.4. The van der Waals surface area contributed by atoms with Gasteiger partial charge in [0.1, 0.15) is 0 Å². The van der Waals surface area contributed by atoms with Gasteiger partial charge in [-0.25, -0.2) is 0 Å². The minimum Gasteiger partial charge on any atom is -0.469 e. The molecule has 0 aromatic carbocycles. The molecule has 0 bridgehead atoms. The van der Waals surface area contributed by atoms with Crippen molar-refractivity contribution in [2.24, 2.45) is 17.3 Å². The van der Waals surface area contributed by atoms with E-state index in [0.717, 1.165) is 25.7 Å². The summed E-state index contributed by atoms with van der Waals surface area (Å²) in [6, 6.07) is 0. The number of aliphatic hydroxyl groups excluding tert-OH is 1. The van der Waals surface area contributed by atoms with E-state index in [-0.39, 0.29) is 46.2 Å². The van der Waals surface area contributed by atoms with Crippen molar-refractivity contribution in [1.82, 2.24) is 0 Å². The van der Waals surface area contributed by atoms with E-state index in [4.69, 9.17) is 13.6 Å². The lowest BCUT2D eigenvalue weighted by atomic mass is 9.63. The summed E-state index contributed by atoms with van der Waals surface area (Å²) in [6.07, 6.45) is 18.5. The first-order valence-corrected chi connectivity index (χ1v) is 22.5. The molecule has 2 aliphatic rings. The molecule has 0 radical (unpaired) electrons. The number of carbonyl (C=O) groups is 1. The number of ether oxygens (including phenoxy) is 1. The van der Waals surface area contributed by atoms with Gasteiger partial charge in [0.15, 0.2) is 16.6 Å². The van der Waals surface area contributed by atoms with Crippen molar-refractivity contribution in [1.29, 1.82) is 0 Å². The van der Waals surface area contributed by atoms with Crippen molar-refractivity contribution in [2.45, 2.75) is 167 Å². The van der Waals surface area contributed by atoms with Gasteiger partial charge >= 0.3 is 5.97 Å². The van der Waals surface area contributed by atoms with Gasteiger partial charge in [0.2, 0.25) is 0 Å². The summed E-state index contributed by atoms with van der Waals surface area (Å²) < 4.78 is 18.9. The maximum Gasteiger partial charge on any atom is 0.305 e. The second kappa shape index (κ2) is 15.0. The van der Waals surface area contributed by atoms with E-state index >= 15 is 0 Å². The predicted octanol–water partition coefficient (Wildman–Crippen LogP) is 9.58. The highest BCUT2D eigenvalue weighted by molar-refractivity contribution is 6.74. The number of carbonyl (C=O) groups excluding carboxylic acids is 1. The zero-order valence-corrected chi connectivity index (χ0v) is 31.3. The molecule has 2 saturated carbocycles. The van der Waals surface area contributed by atoms with Crippen molar-refractivity contribution < 1.29 is 23.5 Å². The lowest BCUT2D eigenvalue weighted by molar-refractivity contribution is -0.140. The SMILES string of the molecule is CCC1(C(CC=C[C@@H]2[C@@H](CC=CCCCC(=O)OC)[C@@H](O)C[C@H]2O[Si](C)(C)C(C)(C)C)O[Si](C)(C)C(C)(C)C)CCC1. The smallest absolute Gasteiger partial charge is 0.305 e. The van der Waals surface area contributed by atoms with Crippen LogP contribution in [0.5, 0.6) is 0 Å². The van der Waals surface area contributed by atoms with E-state index in [1.54, 1.807) is 0 Å². The predicted molar refractivity (Wildman–Crippen MR) is 182 cm³/mol. The summed E-state index contributed by atoms with van der Waals surface area (Å²) in [4.78, 5) is 11.4. The molecule has 2 fully saturated rings. The Morgan fingerprint density at radius 2 is 1.62 bits per heavy atom. The van der Waals surface area contributed by atoms with Crippen LogP contribution in [-0.4, -0.2) is 53.1 Å². The van der Waals surface area contributed by atoms with Gasteiger partial charge in [0, 0.05) is 12.3 Å².